The van der Waals surface area contributed by atoms with Crippen molar-refractivity contribution in [2.45, 2.75) is 18.9 Å². The summed E-state index contributed by atoms with van der Waals surface area (Å²) in [5.41, 5.74) is 8.27. The lowest BCUT2D eigenvalue weighted by molar-refractivity contribution is -0.122. The Morgan fingerprint density at radius 1 is 1.61 bits per heavy atom. The van der Waals surface area contributed by atoms with Gasteiger partial charge in [0.25, 0.3) is 5.91 Å². The molecule has 0 heterocycles. The maximum absolute atomic E-state index is 11.4. The third-order valence-electron chi connectivity index (χ3n) is 3.08. The first-order chi connectivity index (χ1) is 8.72. The minimum Gasteiger partial charge on any atom is -0.483 e. The molecule has 0 radical (unpaired) electrons. The topological polar surface area (TPSA) is 64.3 Å². The fraction of sp³-hybridized carbons (Fsp3) is 0.357. The number of nitrogens with one attached hydrogen (secondary N) is 1. The Morgan fingerprint density at radius 2 is 2.44 bits per heavy atom. The summed E-state index contributed by atoms with van der Waals surface area (Å²) in [6.07, 6.45) is 3.50. The summed E-state index contributed by atoms with van der Waals surface area (Å²) in [6, 6.07) is 5.93. The molecular formula is C14H18N2O2. The van der Waals surface area contributed by atoms with Crippen LogP contribution >= 0.6 is 0 Å². The second-order valence-electron chi connectivity index (χ2n) is 4.35. The molecule has 0 fully saturated rings. The second kappa shape index (κ2) is 5.69. The number of benzene rings is 1. The van der Waals surface area contributed by atoms with Gasteiger partial charge in [-0.05, 0) is 30.0 Å². The Bertz CT molecular complexity index is 457. The minimum absolute atomic E-state index is 0.0273. The molecule has 1 amide bonds. The number of rotatable bonds is 5. The van der Waals surface area contributed by atoms with Gasteiger partial charge in [-0.1, -0.05) is 18.2 Å². The number of hydrogen-bond donors (Lipinski definition) is 2. The lowest BCUT2D eigenvalue weighted by atomic mass is 10.1. The molecule has 1 aromatic carbocycles. The Kier molecular flexibility index (Phi) is 3.99. The minimum atomic E-state index is -0.144. The van der Waals surface area contributed by atoms with E-state index in [0.717, 1.165) is 29.7 Å². The monoisotopic (exact) mass is 246 g/mol. The molecule has 1 aliphatic carbocycles. The van der Waals surface area contributed by atoms with Crippen LogP contribution in [-0.2, 0) is 11.2 Å². The fourth-order valence-electron chi connectivity index (χ4n) is 2.17. The maximum Gasteiger partial charge on any atom is 0.258 e. The Hall–Kier alpha value is -1.81. The van der Waals surface area contributed by atoms with E-state index in [2.05, 4.69) is 11.9 Å². The van der Waals surface area contributed by atoms with Gasteiger partial charge in [0.1, 0.15) is 5.75 Å². The molecule has 2 rings (SSSR count). The first-order valence-corrected chi connectivity index (χ1v) is 6.10. The van der Waals surface area contributed by atoms with E-state index < -0.39 is 0 Å². The van der Waals surface area contributed by atoms with Crippen LogP contribution < -0.4 is 15.8 Å². The fourth-order valence-corrected chi connectivity index (χ4v) is 2.17. The van der Waals surface area contributed by atoms with Crippen molar-refractivity contribution in [2.75, 3.05) is 13.2 Å². The number of carbonyl (C=O) groups is 1. The third-order valence-corrected chi connectivity index (χ3v) is 3.08. The van der Waals surface area contributed by atoms with Crippen molar-refractivity contribution in [3.63, 3.8) is 0 Å². The highest BCUT2D eigenvalue weighted by molar-refractivity contribution is 5.77. The van der Waals surface area contributed by atoms with E-state index >= 15 is 0 Å². The highest BCUT2D eigenvalue weighted by Gasteiger charge is 2.22. The SMILES string of the molecule is C=CCNC(=O)COc1cccc2c1CCC2N. The van der Waals surface area contributed by atoms with E-state index in [0.29, 0.717) is 6.54 Å². The molecule has 0 saturated heterocycles. The maximum atomic E-state index is 11.4. The number of ether oxygens (including phenoxy) is 1. The average molecular weight is 246 g/mol. The van der Waals surface area contributed by atoms with Crippen molar-refractivity contribution in [3.05, 3.63) is 42.0 Å². The van der Waals surface area contributed by atoms with Gasteiger partial charge < -0.3 is 15.8 Å². The quantitative estimate of drug-likeness (QED) is 0.770. The highest BCUT2D eigenvalue weighted by atomic mass is 16.5. The number of hydrogen-bond acceptors (Lipinski definition) is 3. The molecule has 0 aromatic heterocycles. The third kappa shape index (κ3) is 2.71. The number of nitrogens with two attached hydrogens (primary N) is 1. The van der Waals surface area contributed by atoms with Crippen LogP contribution in [0, 0.1) is 0 Å². The summed E-state index contributed by atoms with van der Waals surface area (Å²) in [6.45, 7) is 4.02. The molecule has 0 saturated carbocycles. The summed E-state index contributed by atoms with van der Waals surface area (Å²) in [5, 5.41) is 2.67. The average Bonchev–Trinajstić information content (AvgIpc) is 2.76. The van der Waals surface area contributed by atoms with Gasteiger partial charge in [0, 0.05) is 12.6 Å². The first-order valence-electron chi connectivity index (χ1n) is 6.10. The van der Waals surface area contributed by atoms with Crippen LogP contribution in [0.1, 0.15) is 23.6 Å². The smallest absolute Gasteiger partial charge is 0.258 e. The number of amides is 1. The van der Waals surface area contributed by atoms with E-state index in [1.54, 1.807) is 6.08 Å². The van der Waals surface area contributed by atoms with Crippen LogP contribution in [0.3, 0.4) is 0 Å². The zero-order chi connectivity index (χ0) is 13.0. The summed E-state index contributed by atoms with van der Waals surface area (Å²) < 4.78 is 5.55. The Labute approximate surface area is 107 Å². The summed E-state index contributed by atoms with van der Waals surface area (Å²) in [4.78, 5) is 11.4. The largest absolute Gasteiger partial charge is 0.483 e. The van der Waals surface area contributed by atoms with Gasteiger partial charge in [-0.25, -0.2) is 0 Å². The van der Waals surface area contributed by atoms with Crippen molar-refractivity contribution >= 4 is 5.91 Å². The number of carbonyl (C=O) groups excluding carboxylic acids is 1. The van der Waals surface area contributed by atoms with E-state index in [1.807, 2.05) is 18.2 Å². The summed E-state index contributed by atoms with van der Waals surface area (Å²) in [5.74, 6) is 0.629. The van der Waals surface area contributed by atoms with Crippen molar-refractivity contribution in [1.82, 2.24) is 5.32 Å². The van der Waals surface area contributed by atoms with Crippen molar-refractivity contribution in [1.29, 1.82) is 0 Å². The van der Waals surface area contributed by atoms with E-state index in [9.17, 15) is 4.79 Å². The second-order valence-corrected chi connectivity index (χ2v) is 4.35. The molecular weight excluding hydrogens is 228 g/mol. The van der Waals surface area contributed by atoms with Crippen LogP contribution in [0.2, 0.25) is 0 Å². The predicted octanol–water partition coefficient (Wildman–Crippen LogP) is 1.31. The van der Waals surface area contributed by atoms with Gasteiger partial charge in [-0.15, -0.1) is 6.58 Å². The molecule has 0 aliphatic heterocycles. The molecule has 0 bridgehead atoms. The van der Waals surface area contributed by atoms with Crippen molar-refractivity contribution in [3.8, 4) is 5.75 Å². The van der Waals surface area contributed by atoms with E-state index in [-0.39, 0.29) is 18.6 Å². The van der Waals surface area contributed by atoms with Crippen molar-refractivity contribution < 1.29 is 9.53 Å². The first kappa shape index (κ1) is 12.6. The Balaban J connectivity index is 1.98. The van der Waals surface area contributed by atoms with Crippen LogP contribution in [0.5, 0.6) is 5.75 Å². The lowest BCUT2D eigenvalue weighted by Crippen LogP contribution is -2.28. The van der Waals surface area contributed by atoms with Gasteiger partial charge in [0.2, 0.25) is 0 Å². The molecule has 4 nitrogen and oxygen atoms in total. The van der Waals surface area contributed by atoms with Crippen LogP contribution in [0.25, 0.3) is 0 Å². The number of fused-ring (bicyclic) bond motifs is 1. The molecule has 0 spiro atoms. The standard InChI is InChI=1S/C14H18N2O2/c1-2-8-16-14(17)9-18-13-5-3-4-10-11(13)6-7-12(10)15/h2-5,12H,1,6-9,15H2,(H,16,17). The van der Waals surface area contributed by atoms with Gasteiger partial charge in [0.05, 0.1) is 0 Å². The van der Waals surface area contributed by atoms with Gasteiger partial charge in [-0.3, -0.25) is 4.79 Å². The van der Waals surface area contributed by atoms with Crippen LogP contribution in [-0.4, -0.2) is 19.1 Å². The predicted molar refractivity (Wildman–Crippen MR) is 70.4 cm³/mol. The zero-order valence-corrected chi connectivity index (χ0v) is 10.3. The van der Waals surface area contributed by atoms with Crippen LogP contribution in [0.15, 0.2) is 30.9 Å². The Morgan fingerprint density at radius 3 is 3.22 bits per heavy atom. The molecule has 1 aromatic rings. The molecule has 4 heteroatoms. The van der Waals surface area contributed by atoms with Gasteiger partial charge in [-0.2, -0.15) is 0 Å². The summed E-state index contributed by atoms with van der Waals surface area (Å²) in [7, 11) is 0. The summed E-state index contributed by atoms with van der Waals surface area (Å²) >= 11 is 0. The molecule has 18 heavy (non-hydrogen) atoms. The normalized spacial score (nSPS) is 17.1. The lowest BCUT2D eigenvalue weighted by Gasteiger charge is -2.11. The zero-order valence-electron chi connectivity index (χ0n) is 10.3. The molecule has 1 atom stereocenters. The molecule has 3 N–H and O–H groups in total. The highest BCUT2D eigenvalue weighted by Crippen LogP contribution is 2.35. The van der Waals surface area contributed by atoms with Crippen molar-refractivity contribution in [2.24, 2.45) is 5.73 Å². The molecule has 1 unspecified atom stereocenters. The van der Waals surface area contributed by atoms with Crippen LogP contribution in [0.4, 0.5) is 0 Å². The molecule has 96 valence electrons. The van der Waals surface area contributed by atoms with Gasteiger partial charge >= 0.3 is 0 Å². The van der Waals surface area contributed by atoms with Gasteiger partial charge in [0.15, 0.2) is 6.61 Å². The van der Waals surface area contributed by atoms with E-state index in [4.69, 9.17) is 10.5 Å². The van der Waals surface area contributed by atoms with E-state index in [1.165, 1.54) is 0 Å². The molecule has 1 aliphatic rings.